The first-order chi connectivity index (χ1) is 10.2. The van der Waals surface area contributed by atoms with E-state index in [-0.39, 0.29) is 17.6 Å². The molecule has 2 nitrogen and oxygen atoms in total. The van der Waals surface area contributed by atoms with Crippen molar-refractivity contribution < 1.29 is 9.13 Å². The summed E-state index contributed by atoms with van der Waals surface area (Å²) in [5.74, 6) is -0.0267. The fourth-order valence-electron chi connectivity index (χ4n) is 2.44. The van der Waals surface area contributed by atoms with Crippen molar-refractivity contribution in [1.82, 2.24) is 5.32 Å². The van der Waals surface area contributed by atoms with Gasteiger partial charge in [0.15, 0.2) is 11.6 Å². The highest BCUT2D eigenvalue weighted by atomic mass is 32.1. The summed E-state index contributed by atoms with van der Waals surface area (Å²) in [4.78, 5) is 1.33. The lowest BCUT2D eigenvalue weighted by Crippen LogP contribution is -2.24. The Morgan fingerprint density at radius 3 is 2.71 bits per heavy atom. The molecule has 1 N–H and O–H groups in total. The SMILES string of the molecule is CCCC(NC(C)c1ccc(OC)c(F)c1)c1cccs1. The van der Waals surface area contributed by atoms with Crippen LogP contribution in [-0.2, 0) is 0 Å². The highest BCUT2D eigenvalue weighted by Gasteiger charge is 2.16. The monoisotopic (exact) mass is 307 g/mol. The number of halogens is 1. The average molecular weight is 307 g/mol. The Morgan fingerprint density at radius 2 is 2.14 bits per heavy atom. The lowest BCUT2D eigenvalue weighted by atomic mass is 10.0. The molecule has 1 heterocycles. The molecule has 0 spiro atoms. The number of ether oxygens (including phenoxy) is 1. The molecule has 0 aliphatic rings. The number of methoxy groups -OCH3 is 1. The van der Waals surface area contributed by atoms with Crippen LogP contribution in [0.3, 0.4) is 0 Å². The second-order valence-corrected chi connectivity index (χ2v) is 6.12. The number of hydrogen-bond acceptors (Lipinski definition) is 3. The van der Waals surface area contributed by atoms with Crippen LogP contribution in [0.4, 0.5) is 4.39 Å². The van der Waals surface area contributed by atoms with Crippen LogP contribution >= 0.6 is 11.3 Å². The molecule has 0 bridgehead atoms. The third kappa shape index (κ3) is 4.05. The summed E-state index contributed by atoms with van der Waals surface area (Å²) in [7, 11) is 1.48. The molecule has 0 fully saturated rings. The average Bonchev–Trinajstić information content (AvgIpc) is 3.00. The van der Waals surface area contributed by atoms with Crippen molar-refractivity contribution in [2.45, 2.75) is 38.8 Å². The lowest BCUT2D eigenvalue weighted by Gasteiger charge is -2.23. The zero-order chi connectivity index (χ0) is 15.2. The minimum absolute atomic E-state index is 0.0871. The predicted molar refractivity (Wildman–Crippen MR) is 86.5 cm³/mol. The van der Waals surface area contributed by atoms with Gasteiger partial charge in [-0.1, -0.05) is 25.5 Å². The maximum absolute atomic E-state index is 13.8. The molecule has 2 unspecified atom stereocenters. The molecule has 4 heteroatoms. The van der Waals surface area contributed by atoms with Gasteiger partial charge in [-0.05, 0) is 42.5 Å². The van der Waals surface area contributed by atoms with Crippen molar-refractivity contribution in [3.8, 4) is 5.75 Å². The lowest BCUT2D eigenvalue weighted by molar-refractivity contribution is 0.384. The quantitative estimate of drug-likeness (QED) is 0.769. The summed E-state index contributed by atoms with van der Waals surface area (Å²) in [6, 6.07) is 9.77. The van der Waals surface area contributed by atoms with Crippen LogP contribution in [0.2, 0.25) is 0 Å². The third-order valence-corrected chi connectivity index (χ3v) is 4.58. The molecule has 114 valence electrons. The Morgan fingerprint density at radius 1 is 1.33 bits per heavy atom. The van der Waals surface area contributed by atoms with Gasteiger partial charge in [-0.25, -0.2) is 4.39 Å². The van der Waals surface area contributed by atoms with E-state index >= 15 is 0 Å². The molecule has 0 radical (unpaired) electrons. The van der Waals surface area contributed by atoms with E-state index in [1.165, 1.54) is 12.0 Å². The van der Waals surface area contributed by atoms with Gasteiger partial charge in [-0.2, -0.15) is 0 Å². The fraction of sp³-hybridized carbons (Fsp3) is 0.412. The van der Waals surface area contributed by atoms with E-state index in [0.717, 1.165) is 18.4 Å². The topological polar surface area (TPSA) is 21.3 Å². The number of thiophene rings is 1. The van der Waals surface area contributed by atoms with Crippen molar-refractivity contribution >= 4 is 11.3 Å². The zero-order valence-electron chi connectivity index (χ0n) is 12.7. The first-order valence-electron chi connectivity index (χ1n) is 7.28. The van der Waals surface area contributed by atoms with Crippen LogP contribution in [0.5, 0.6) is 5.75 Å². The van der Waals surface area contributed by atoms with Crippen molar-refractivity contribution in [1.29, 1.82) is 0 Å². The van der Waals surface area contributed by atoms with Gasteiger partial charge >= 0.3 is 0 Å². The molecule has 0 saturated carbocycles. The van der Waals surface area contributed by atoms with E-state index in [2.05, 4.69) is 36.7 Å². The van der Waals surface area contributed by atoms with E-state index in [9.17, 15) is 4.39 Å². The maximum atomic E-state index is 13.8. The van der Waals surface area contributed by atoms with Crippen LogP contribution in [0.25, 0.3) is 0 Å². The van der Waals surface area contributed by atoms with Gasteiger partial charge in [-0.3, -0.25) is 0 Å². The highest BCUT2D eigenvalue weighted by Crippen LogP contribution is 2.28. The number of rotatable bonds is 7. The van der Waals surface area contributed by atoms with Gasteiger partial charge in [0.1, 0.15) is 0 Å². The summed E-state index contributed by atoms with van der Waals surface area (Å²) in [6.07, 6.45) is 2.18. The maximum Gasteiger partial charge on any atom is 0.165 e. The smallest absolute Gasteiger partial charge is 0.165 e. The predicted octanol–water partition coefficient (Wildman–Crippen LogP) is 5.09. The van der Waals surface area contributed by atoms with Crippen LogP contribution in [0, 0.1) is 5.82 Å². The largest absolute Gasteiger partial charge is 0.494 e. The van der Waals surface area contributed by atoms with Crippen LogP contribution in [-0.4, -0.2) is 7.11 Å². The minimum atomic E-state index is -0.313. The van der Waals surface area contributed by atoms with Crippen LogP contribution in [0.15, 0.2) is 35.7 Å². The molecule has 0 saturated heterocycles. The Bertz CT molecular complexity index is 556. The summed E-state index contributed by atoms with van der Waals surface area (Å²) >= 11 is 1.76. The molecule has 1 aromatic carbocycles. The van der Waals surface area contributed by atoms with Crippen LogP contribution < -0.4 is 10.1 Å². The Kier molecular flexibility index (Phi) is 5.76. The van der Waals surface area contributed by atoms with Crippen molar-refractivity contribution in [3.05, 3.63) is 52.0 Å². The van der Waals surface area contributed by atoms with Gasteiger partial charge in [0, 0.05) is 17.0 Å². The van der Waals surface area contributed by atoms with E-state index < -0.39 is 0 Å². The van der Waals surface area contributed by atoms with Gasteiger partial charge in [0.2, 0.25) is 0 Å². The van der Waals surface area contributed by atoms with Crippen molar-refractivity contribution in [3.63, 3.8) is 0 Å². The summed E-state index contributed by atoms with van der Waals surface area (Å²) < 4.78 is 18.8. The summed E-state index contributed by atoms with van der Waals surface area (Å²) in [5.41, 5.74) is 0.936. The standard InChI is InChI=1S/C17H22FNOS/c1-4-6-15(17-7-5-10-21-17)19-12(2)13-8-9-16(20-3)14(18)11-13/h5,7-12,15,19H,4,6H2,1-3H3. The fourth-order valence-corrected chi connectivity index (χ4v) is 3.26. The Labute approximate surface area is 130 Å². The molecule has 0 aliphatic heterocycles. The van der Waals surface area contributed by atoms with Crippen molar-refractivity contribution in [2.75, 3.05) is 7.11 Å². The Balaban J connectivity index is 2.11. The molecular weight excluding hydrogens is 285 g/mol. The molecular formula is C17H22FNOS. The summed E-state index contributed by atoms with van der Waals surface area (Å²) in [6.45, 7) is 4.25. The van der Waals surface area contributed by atoms with Gasteiger partial charge in [0.25, 0.3) is 0 Å². The van der Waals surface area contributed by atoms with E-state index in [0.29, 0.717) is 6.04 Å². The molecule has 0 aliphatic carbocycles. The molecule has 2 aromatic rings. The Hall–Kier alpha value is -1.39. The second kappa shape index (κ2) is 7.57. The zero-order valence-corrected chi connectivity index (χ0v) is 13.5. The summed E-state index contributed by atoms with van der Waals surface area (Å²) in [5, 5.41) is 5.70. The second-order valence-electron chi connectivity index (χ2n) is 5.14. The molecule has 1 aromatic heterocycles. The first kappa shape index (κ1) is 16.0. The van der Waals surface area contributed by atoms with Crippen molar-refractivity contribution in [2.24, 2.45) is 0 Å². The number of nitrogens with one attached hydrogen (secondary N) is 1. The number of hydrogen-bond donors (Lipinski definition) is 1. The van der Waals surface area contributed by atoms with Gasteiger partial charge in [0.05, 0.1) is 7.11 Å². The molecule has 0 amide bonds. The minimum Gasteiger partial charge on any atom is -0.494 e. The molecule has 21 heavy (non-hydrogen) atoms. The molecule has 2 rings (SSSR count). The first-order valence-corrected chi connectivity index (χ1v) is 8.16. The van der Waals surface area contributed by atoms with E-state index in [4.69, 9.17) is 4.74 Å². The van der Waals surface area contributed by atoms with E-state index in [1.807, 2.05) is 6.07 Å². The normalized spacial score (nSPS) is 13.9. The number of benzene rings is 1. The van der Waals surface area contributed by atoms with E-state index in [1.54, 1.807) is 23.5 Å². The van der Waals surface area contributed by atoms with Gasteiger partial charge < -0.3 is 10.1 Å². The molecule has 2 atom stereocenters. The highest BCUT2D eigenvalue weighted by molar-refractivity contribution is 7.10. The van der Waals surface area contributed by atoms with Gasteiger partial charge in [-0.15, -0.1) is 11.3 Å². The third-order valence-electron chi connectivity index (χ3n) is 3.59. The van der Waals surface area contributed by atoms with Crippen LogP contribution in [0.1, 0.15) is 49.2 Å².